The molecule has 4 aromatic rings. The van der Waals surface area contributed by atoms with E-state index in [4.69, 9.17) is 13.9 Å². The Morgan fingerprint density at radius 2 is 1.71 bits per heavy atom. The lowest BCUT2D eigenvalue weighted by Crippen LogP contribution is -2.36. The number of allylic oxidation sites excluding steroid dienone is 1. The number of hydrogen-bond acceptors (Lipinski definition) is 8. The summed E-state index contributed by atoms with van der Waals surface area (Å²) < 4.78 is 17.5. The van der Waals surface area contributed by atoms with Crippen LogP contribution in [0.15, 0.2) is 71.4 Å². The van der Waals surface area contributed by atoms with Gasteiger partial charge < -0.3 is 29.4 Å². The number of anilines is 1. The van der Waals surface area contributed by atoms with E-state index in [2.05, 4.69) is 53.9 Å². The van der Waals surface area contributed by atoms with Crippen LogP contribution in [0.2, 0.25) is 0 Å². The molecule has 1 amide bonds. The fourth-order valence-electron chi connectivity index (χ4n) is 5.82. The maximum Gasteiger partial charge on any atom is 0.251 e. The lowest BCUT2D eigenvalue weighted by Gasteiger charge is -2.24. The highest BCUT2D eigenvalue weighted by Crippen LogP contribution is 2.38. The van der Waals surface area contributed by atoms with E-state index in [1.54, 1.807) is 25.4 Å². The van der Waals surface area contributed by atoms with E-state index in [1.165, 1.54) is 0 Å². The molecular formula is C42H57N5O4. The van der Waals surface area contributed by atoms with E-state index >= 15 is 0 Å². The van der Waals surface area contributed by atoms with Crippen molar-refractivity contribution >= 4 is 22.7 Å². The van der Waals surface area contributed by atoms with Crippen LogP contribution in [0.4, 0.5) is 5.69 Å². The number of carbonyl (C=O) groups is 1. The largest absolute Gasteiger partial charge is 0.496 e. The Bertz CT molecular complexity index is 1760. The fraction of sp³-hybridized carbons (Fsp3) is 0.452. The number of likely N-dealkylation sites (tertiary alicyclic amines) is 1. The Morgan fingerprint density at radius 3 is 2.33 bits per heavy atom. The molecule has 2 fully saturated rings. The van der Waals surface area contributed by atoms with Gasteiger partial charge in [-0.1, -0.05) is 61.1 Å². The number of rotatable bonds is 8. The summed E-state index contributed by atoms with van der Waals surface area (Å²) in [5.74, 6) is 1.79. The number of methoxy groups -OCH3 is 1. The molecule has 4 heterocycles. The zero-order chi connectivity index (χ0) is 37.5. The minimum atomic E-state index is -0.143. The Hall–Kier alpha value is -4.81. The molecule has 51 heavy (non-hydrogen) atoms. The molecule has 2 N–H and O–H groups in total. The van der Waals surface area contributed by atoms with Crippen LogP contribution in [0.3, 0.4) is 0 Å². The Labute approximate surface area is 305 Å². The van der Waals surface area contributed by atoms with Crippen molar-refractivity contribution in [3.8, 4) is 34.3 Å². The molecule has 6 rings (SSSR count). The van der Waals surface area contributed by atoms with Crippen molar-refractivity contribution in [1.29, 1.82) is 5.26 Å². The van der Waals surface area contributed by atoms with E-state index in [9.17, 15) is 10.1 Å². The first-order chi connectivity index (χ1) is 24.7. The Morgan fingerprint density at radius 1 is 1.00 bits per heavy atom. The topological polar surface area (TPSA) is 113 Å². The SMILES string of the molecule is C=C(C)N1CCC(NC(=O)c2ccc(-c3cc4nccc(-c5ccc(NC6CCOCC6)c(C#N)c5)c4o3)c(OC)c2)C1.CC.CC.CC(C)C. The minimum Gasteiger partial charge on any atom is -0.496 e. The summed E-state index contributed by atoms with van der Waals surface area (Å²) in [5, 5.41) is 16.6. The Kier molecular flexibility index (Phi) is 16.0. The second-order valence-electron chi connectivity index (χ2n) is 12.9. The number of nitrogens with one attached hydrogen (secondary N) is 2. The van der Waals surface area contributed by atoms with E-state index < -0.39 is 0 Å². The van der Waals surface area contributed by atoms with Crippen molar-refractivity contribution in [3.63, 3.8) is 0 Å². The number of furan rings is 1. The molecule has 1 atom stereocenters. The van der Waals surface area contributed by atoms with E-state index in [-0.39, 0.29) is 18.0 Å². The molecule has 9 heteroatoms. The fourth-order valence-corrected chi connectivity index (χ4v) is 5.82. The van der Waals surface area contributed by atoms with E-state index in [1.807, 2.05) is 71.0 Å². The maximum absolute atomic E-state index is 13.0. The number of nitrogens with zero attached hydrogens (tertiary/aromatic N) is 3. The van der Waals surface area contributed by atoms with Crippen LogP contribution in [0, 0.1) is 17.2 Å². The van der Waals surface area contributed by atoms with Gasteiger partial charge in [-0.25, -0.2) is 0 Å². The number of hydrogen-bond donors (Lipinski definition) is 2. The summed E-state index contributed by atoms with van der Waals surface area (Å²) in [6.07, 6.45) is 4.44. The molecule has 2 saturated heterocycles. The molecule has 2 aliphatic heterocycles. The third kappa shape index (κ3) is 10.8. The molecule has 0 aliphatic carbocycles. The van der Waals surface area contributed by atoms with Crippen LogP contribution in [0.1, 0.15) is 90.6 Å². The molecule has 9 nitrogen and oxygen atoms in total. The second-order valence-corrected chi connectivity index (χ2v) is 12.9. The van der Waals surface area contributed by atoms with Crippen LogP contribution < -0.4 is 15.4 Å². The number of ether oxygens (including phenoxy) is 2. The highest BCUT2D eigenvalue weighted by atomic mass is 16.5. The van der Waals surface area contributed by atoms with E-state index in [0.29, 0.717) is 39.3 Å². The number of benzene rings is 2. The molecule has 0 radical (unpaired) electrons. The molecule has 0 saturated carbocycles. The van der Waals surface area contributed by atoms with Gasteiger partial charge in [0.1, 0.15) is 23.1 Å². The number of carbonyl (C=O) groups excluding carboxylic acids is 1. The predicted molar refractivity (Wildman–Crippen MR) is 209 cm³/mol. The highest BCUT2D eigenvalue weighted by molar-refractivity contribution is 5.97. The zero-order valence-corrected chi connectivity index (χ0v) is 32.1. The standard InChI is InChI=1S/C34H35N5O4.C4H10.2C2H6/c1-21(2)39-13-9-26(20-39)38-34(40)23-4-6-28(31(17-23)41-3)32-18-30-33(43-32)27(8-12-36-30)22-5-7-29(24(16-22)19-35)37-25-10-14-42-15-11-25;1-4(2)3;2*1-2/h4-8,12,16-18,25-26,37H,1,9-11,13-15,20H2,2-3H3,(H,38,40);4H,1-3H3;2*1-2H3. The summed E-state index contributed by atoms with van der Waals surface area (Å²) in [6, 6.07) is 17.6. The van der Waals surface area contributed by atoms with Crippen molar-refractivity contribution < 1.29 is 18.7 Å². The molecule has 0 bridgehead atoms. The van der Waals surface area contributed by atoms with Crippen LogP contribution in [0.5, 0.6) is 5.75 Å². The zero-order valence-electron chi connectivity index (χ0n) is 32.1. The minimum absolute atomic E-state index is 0.0722. The second kappa shape index (κ2) is 20.1. The average Bonchev–Trinajstić information content (AvgIpc) is 3.81. The van der Waals surface area contributed by atoms with Gasteiger partial charge >= 0.3 is 0 Å². The van der Waals surface area contributed by atoms with Gasteiger partial charge in [-0.15, -0.1) is 0 Å². The van der Waals surface area contributed by atoms with Crippen molar-refractivity contribution in [1.82, 2.24) is 15.2 Å². The quantitative estimate of drug-likeness (QED) is 0.187. The molecule has 274 valence electrons. The van der Waals surface area contributed by atoms with Crippen LogP contribution in [0.25, 0.3) is 33.6 Å². The number of aromatic nitrogens is 1. The lowest BCUT2D eigenvalue weighted by atomic mass is 10.0. The normalized spacial score (nSPS) is 15.3. The monoisotopic (exact) mass is 695 g/mol. The van der Waals surface area contributed by atoms with Gasteiger partial charge in [0.2, 0.25) is 0 Å². The number of pyridine rings is 1. The summed E-state index contributed by atoms with van der Waals surface area (Å²) in [7, 11) is 1.58. The number of amides is 1. The molecule has 2 aliphatic rings. The number of fused-ring (bicyclic) bond motifs is 1. The molecule has 2 aromatic carbocycles. The van der Waals surface area contributed by atoms with Gasteiger partial charge in [-0.05, 0) is 74.1 Å². The third-order valence-electron chi connectivity index (χ3n) is 8.24. The van der Waals surface area contributed by atoms with Gasteiger partial charge in [0.05, 0.1) is 23.9 Å². The van der Waals surface area contributed by atoms with Gasteiger partial charge in [0, 0.05) is 67.5 Å². The predicted octanol–water partition coefficient (Wildman–Crippen LogP) is 9.69. The van der Waals surface area contributed by atoms with Crippen molar-refractivity contribution in [2.45, 2.75) is 86.7 Å². The molecular weight excluding hydrogens is 638 g/mol. The van der Waals surface area contributed by atoms with Crippen molar-refractivity contribution in [2.24, 2.45) is 5.92 Å². The van der Waals surface area contributed by atoms with Crippen LogP contribution >= 0.6 is 0 Å². The summed E-state index contributed by atoms with van der Waals surface area (Å²) >= 11 is 0. The van der Waals surface area contributed by atoms with Gasteiger partial charge in [-0.2, -0.15) is 5.26 Å². The van der Waals surface area contributed by atoms with Crippen molar-refractivity contribution in [2.75, 3.05) is 38.7 Å². The van der Waals surface area contributed by atoms with Gasteiger partial charge in [-0.3, -0.25) is 9.78 Å². The maximum atomic E-state index is 13.0. The van der Waals surface area contributed by atoms with Gasteiger partial charge in [0.25, 0.3) is 5.91 Å². The average molecular weight is 696 g/mol. The highest BCUT2D eigenvalue weighted by Gasteiger charge is 2.25. The summed E-state index contributed by atoms with van der Waals surface area (Å²) in [6.45, 7) is 23.6. The number of nitriles is 1. The molecule has 1 unspecified atom stereocenters. The van der Waals surface area contributed by atoms with Crippen molar-refractivity contribution in [3.05, 3.63) is 78.1 Å². The Balaban J connectivity index is 0.000000809. The third-order valence-corrected chi connectivity index (χ3v) is 8.24. The summed E-state index contributed by atoms with van der Waals surface area (Å²) in [5.41, 5.74) is 6.62. The van der Waals surface area contributed by atoms with E-state index in [0.717, 1.165) is 74.0 Å². The first-order valence-electron chi connectivity index (χ1n) is 18.3. The van der Waals surface area contributed by atoms with Crippen LogP contribution in [-0.4, -0.2) is 61.3 Å². The van der Waals surface area contributed by atoms with Crippen LogP contribution in [-0.2, 0) is 4.74 Å². The first-order valence-corrected chi connectivity index (χ1v) is 18.3. The lowest BCUT2D eigenvalue weighted by molar-refractivity contribution is 0.0904. The smallest absolute Gasteiger partial charge is 0.251 e. The first kappa shape index (κ1) is 40.6. The molecule has 0 spiro atoms. The van der Waals surface area contributed by atoms with Gasteiger partial charge in [0.15, 0.2) is 5.58 Å². The summed E-state index contributed by atoms with van der Waals surface area (Å²) in [4.78, 5) is 19.8. The molecule has 2 aromatic heterocycles.